The Labute approximate surface area is 150 Å². The Kier molecular flexibility index (Phi) is 5.19. The van der Waals surface area contributed by atoms with E-state index in [4.69, 9.17) is 0 Å². The maximum absolute atomic E-state index is 12.7. The van der Waals surface area contributed by atoms with E-state index in [2.05, 4.69) is 11.4 Å². The van der Waals surface area contributed by atoms with Gasteiger partial charge in [0.25, 0.3) is 5.56 Å². The molecule has 6 heteroatoms. The van der Waals surface area contributed by atoms with Gasteiger partial charge in [0.1, 0.15) is 5.69 Å². The van der Waals surface area contributed by atoms with Crippen LogP contribution in [-0.4, -0.2) is 15.3 Å². The molecule has 0 bridgehead atoms. The molecule has 1 aromatic carbocycles. The lowest BCUT2D eigenvalue weighted by molar-refractivity contribution is -0.116. The van der Waals surface area contributed by atoms with Crippen LogP contribution in [0.15, 0.2) is 52.6 Å². The molecule has 0 saturated carbocycles. The SMILES string of the molecule is Cc1c(NC(=O)CCCc2cccs2)c(=O)n(-c2ccccc2)n1C. The second-order valence-electron chi connectivity index (χ2n) is 5.92. The predicted molar refractivity (Wildman–Crippen MR) is 102 cm³/mol. The number of anilines is 1. The zero-order valence-corrected chi connectivity index (χ0v) is 15.2. The van der Waals surface area contributed by atoms with Gasteiger partial charge in [-0.3, -0.25) is 14.3 Å². The van der Waals surface area contributed by atoms with Crippen molar-refractivity contribution in [3.8, 4) is 5.69 Å². The van der Waals surface area contributed by atoms with E-state index in [0.29, 0.717) is 12.1 Å². The van der Waals surface area contributed by atoms with Crippen molar-refractivity contribution in [3.63, 3.8) is 0 Å². The number of carbonyl (C=O) groups excluding carboxylic acids is 1. The lowest BCUT2D eigenvalue weighted by Crippen LogP contribution is -2.22. The molecule has 2 heterocycles. The van der Waals surface area contributed by atoms with Gasteiger partial charge in [0, 0.05) is 18.3 Å². The summed E-state index contributed by atoms with van der Waals surface area (Å²) in [5, 5.41) is 4.84. The van der Waals surface area contributed by atoms with Gasteiger partial charge < -0.3 is 5.32 Å². The minimum absolute atomic E-state index is 0.123. The van der Waals surface area contributed by atoms with Crippen molar-refractivity contribution < 1.29 is 4.79 Å². The fraction of sp³-hybridized carbons (Fsp3) is 0.263. The molecule has 0 spiro atoms. The number of rotatable bonds is 6. The summed E-state index contributed by atoms with van der Waals surface area (Å²) in [4.78, 5) is 26.2. The fourth-order valence-electron chi connectivity index (χ4n) is 2.79. The Morgan fingerprint density at radius 3 is 2.60 bits per heavy atom. The second kappa shape index (κ2) is 7.53. The highest BCUT2D eigenvalue weighted by Crippen LogP contribution is 2.15. The third kappa shape index (κ3) is 3.74. The van der Waals surface area contributed by atoms with E-state index in [1.807, 2.05) is 55.7 Å². The quantitative estimate of drug-likeness (QED) is 0.736. The molecule has 130 valence electrons. The van der Waals surface area contributed by atoms with Crippen LogP contribution in [-0.2, 0) is 18.3 Å². The number of thiophene rings is 1. The molecule has 25 heavy (non-hydrogen) atoms. The first-order valence-electron chi connectivity index (χ1n) is 8.24. The highest BCUT2D eigenvalue weighted by Gasteiger charge is 2.17. The number of nitrogens with zero attached hydrogens (tertiary/aromatic N) is 2. The van der Waals surface area contributed by atoms with Gasteiger partial charge in [-0.1, -0.05) is 24.3 Å². The van der Waals surface area contributed by atoms with Gasteiger partial charge in [-0.25, -0.2) is 4.68 Å². The first-order chi connectivity index (χ1) is 12.1. The van der Waals surface area contributed by atoms with Gasteiger partial charge in [0.05, 0.1) is 11.4 Å². The predicted octanol–water partition coefficient (Wildman–Crippen LogP) is 3.51. The topological polar surface area (TPSA) is 56.0 Å². The van der Waals surface area contributed by atoms with Gasteiger partial charge in [-0.15, -0.1) is 11.3 Å². The minimum Gasteiger partial charge on any atom is -0.320 e. The van der Waals surface area contributed by atoms with Gasteiger partial charge in [-0.2, -0.15) is 0 Å². The summed E-state index contributed by atoms with van der Waals surface area (Å²) in [5.74, 6) is -0.123. The van der Waals surface area contributed by atoms with Crippen LogP contribution >= 0.6 is 11.3 Å². The lowest BCUT2D eigenvalue weighted by Gasteiger charge is -2.07. The van der Waals surface area contributed by atoms with Gasteiger partial charge in [0.15, 0.2) is 0 Å². The van der Waals surface area contributed by atoms with E-state index in [-0.39, 0.29) is 11.5 Å². The van der Waals surface area contributed by atoms with Crippen molar-refractivity contribution in [1.29, 1.82) is 0 Å². The third-order valence-electron chi connectivity index (χ3n) is 4.23. The van der Waals surface area contributed by atoms with Crippen LogP contribution in [0.25, 0.3) is 5.69 Å². The molecule has 1 amide bonds. The number of carbonyl (C=O) groups is 1. The number of hydrogen-bond acceptors (Lipinski definition) is 3. The maximum Gasteiger partial charge on any atom is 0.295 e. The number of nitrogens with one attached hydrogen (secondary N) is 1. The Morgan fingerprint density at radius 2 is 1.92 bits per heavy atom. The highest BCUT2D eigenvalue weighted by atomic mass is 32.1. The average molecular weight is 355 g/mol. The van der Waals surface area contributed by atoms with Crippen molar-refractivity contribution in [3.05, 3.63) is 68.8 Å². The molecule has 2 aromatic heterocycles. The molecule has 5 nitrogen and oxygen atoms in total. The molecule has 1 N–H and O–H groups in total. The number of para-hydroxylation sites is 1. The molecular formula is C19H21N3O2S. The molecular weight excluding hydrogens is 334 g/mol. The van der Waals surface area contributed by atoms with Crippen molar-refractivity contribution >= 4 is 22.9 Å². The van der Waals surface area contributed by atoms with Crippen LogP contribution in [0.3, 0.4) is 0 Å². The van der Waals surface area contributed by atoms with Crippen LogP contribution in [0.5, 0.6) is 0 Å². The van der Waals surface area contributed by atoms with Gasteiger partial charge in [-0.05, 0) is 43.3 Å². The Bertz CT molecular complexity index is 908. The molecule has 3 rings (SSSR count). The van der Waals surface area contributed by atoms with E-state index in [9.17, 15) is 9.59 Å². The first kappa shape index (κ1) is 17.2. The van der Waals surface area contributed by atoms with E-state index >= 15 is 0 Å². The summed E-state index contributed by atoms with van der Waals surface area (Å²) in [6, 6.07) is 13.5. The van der Waals surface area contributed by atoms with Crippen LogP contribution in [0.1, 0.15) is 23.4 Å². The standard InChI is InChI=1S/C19H21N3O2S/c1-14-18(20-17(23)12-6-10-16-11-7-13-25-16)19(24)22(21(14)2)15-8-4-3-5-9-15/h3-5,7-9,11,13H,6,10,12H2,1-2H3,(H,20,23). The Balaban J connectivity index is 1.72. The molecule has 0 atom stereocenters. The van der Waals surface area contributed by atoms with E-state index in [0.717, 1.165) is 24.2 Å². The summed E-state index contributed by atoms with van der Waals surface area (Å²) in [6.45, 7) is 1.84. The Hall–Kier alpha value is -2.60. The summed E-state index contributed by atoms with van der Waals surface area (Å²) in [7, 11) is 1.82. The van der Waals surface area contributed by atoms with Crippen LogP contribution in [0.4, 0.5) is 5.69 Å². The smallest absolute Gasteiger partial charge is 0.295 e. The zero-order chi connectivity index (χ0) is 17.8. The molecule has 0 aliphatic heterocycles. The normalized spacial score (nSPS) is 10.8. The molecule has 0 aliphatic carbocycles. The largest absolute Gasteiger partial charge is 0.320 e. The number of hydrogen-bond donors (Lipinski definition) is 1. The highest BCUT2D eigenvalue weighted by molar-refractivity contribution is 7.09. The van der Waals surface area contributed by atoms with Gasteiger partial charge >= 0.3 is 0 Å². The maximum atomic E-state index is 12.7. The van der Waals surface area contributed by atoms with Crippen LogP contribution < -0.4 is 10.9 Å². The summed E-state index contributed by atoms with van der Waals surface area (Å²) in [6.07, 6.45) is 2.05. The van der Waals surface area contributed by atoms with E-state index in [1.165, 1.54) is 4.88 Å². The fourth-order valence-corrected chi connectivity index (χ4v) is 3.54. The number of amides is 1. The molecule has 0 fully saturated rings. The number of benzene rings is 1. The van der Waals surface area contributed by atoms with E-state index < -0.39 is 0 Å². The number of aromatic nitrogens is 2. The lowest BCUT2D eigenvalue weighted by atomic mass is 10.2. The van der Waals surface area contributed by atoms with Gasteiger partial charge in [0.2, 0.25) is 5.91 Å². The van der Waals surface area contributed by atoms with Crippen molar-refractivity contribution in [2.24, 2.45) is 7.05 Å². The number of aryl methyl sites for hydroxylation is 1. The van der Waals surface area contributed by atoms with Crippen molar-refractivity contribution in [2.45, 2.75) is 26.2 Å². The zero-order valence-electron chi connectivity index (χ0n) is 14.4. The van der Waals surface area contributed by atoms with E-state index in [1.54, 1.807) is 20.7 Å². The van der Waals surface area contributed by atoms with Crippen LogP contribution in [0.2, 0.25) is 0 Å². The first-order valence-corrected chi connectivity index (χ1v) is 9.12. The summed E-state index contributed by atoms with van der Waals surface area (Å²) in [5.41, 5.74) is 1.65. The molecule has 0 unspecified atom stereocenters. The van der Waals surface area contributed by atoms with Crippen molar-refractivity contribution in [2.75, 3.05) is 5.32 Å². The minimum atomic E-state index is -0.210. The molecule has 0 radical (unpaired) electrons. The third-order valence-corrected chi connectivity index (χ3v) is 5.16. The monoisotopic (exact) mass is 355 g/mol. The molecule has 0 aliphatic rings. The molecule has 3 aromatic rings. The average Bonchev–Trinajstić information content (AvgIpc) is 3.19. The van der Waals surface area contributed by atoms with Crippen molar-refractivity contribution in [1.82, 2.24) is 9.36 Å². The summed E-state index contributed by atoms with van der Waals surface area (Å²) >= 11 is 1.70. The second-order valence-corrected chi connectivity index (χ2v) is 6.95. The molecule has 0 saturated heterocycles. The summed E-state index contributed by atoms with van der Waals surface area (Å²) < 4.78 is 3.33. The van der Waals surface area contributed by atoms with Crippen LogP contribution in [0, 0.1) is 6.92 Å². The Morgan fingerprint density at radius 1 is 1.16 bits per heavy atom.